The molecule has 0 radical (unpaired) electrons. The summed E-state index contributed by atoms with van der Waals surface area (Å²) in [4.78, 5) is 11.4. The lowest BCUT2D eigenvalue weighted by Gasteiger charge is -2.15. The van der Waals surface area contributed by atoms with Crippen LogP contribution in [0.2, 0.25) is 0 Å². The van der Waals surface area contributed by atoms with E-state index in [0.717, 1.165) is 19.3 Å². The molecule has 0 bridgehead atoms. The zero-order valence-corrected chi connectivity index (χ0v) is 15.1. The number of methoxy groups -OCH3 is 1. The van der Waals surface area contributed by atoms with Crippen LogP contribution in [-0.2, 0) is 14.8 Å². The first-order valence-corrected chi connectivity index (χ1v) is 9.42. The number of ether oxygens (including phenoxy) is 1. The highest BCUT2D eigenvalue weighted by Crippen LogP contribution is 2.21. The van der Waals surface area contributed by atoms with Gasteiger partial charge in [-0.1, -0.05) is 19.8 Å². The minimum Gasteiger partial charge on any atom is -0.478 e. The Balaban J connectivity index is 2.98. The van der Waals surface area contributed by atoms with Gasteiger partial charge in [0.1, 0.15) is 0 Å². The number of sulfonamides is 1. The summed E-state index contributed by atoms with van der Waals surface area (Å²) in [6.45, 7) is 4.62. The monoisotopic (exact) mass is 358 g/mol. The fourth-order valence-corrected chi connectivity index (χ4v) is 3.49. The van der Waals surface area contributed by atoms with E-state index >= 15 is 0 Å². The maximum atomic E-state index is 12.3. The minimum absolute atomic E-state index is 0.0613. The molecule has 3 N–H and O–H groups in total. The van der Waals surface area contributed by atoms with Gasteiger partial charge in [0.25, 0.3) is 0 Å². The van der Waals surface area contributed by atoms with Crippen LogP contribution in [0.25, 0.3) is 0 Å². The first kappa shape index (κ1) is 20.4. The zero-order chi connectivity index (χ0) is 18.2. The number of hydrogen-bond donors (Lipinski definition) is 3. The molecule has 0 spiro atoms. The van der Waals surface area contributed by atoms with Crippen LogP contribution in [0.5, 0.6) is 0 Å². The van der Waals surface area contributed by atoms with Gasteiger partial charge in [-0.25, -0.2) is 17.9 Å². The summed E-state index contributed by atoms with van der Waals surface area (Å²) >= 11 is 0. The van der Waals surface area contributed by atoms with Gasteiger partial charge < -0.3 is 15.2 Å². The Labute approximate surface area is 143 Å². The topological polar surface area (TPSA) is 105 Å². The van der Waals surface area contributed by atoms with E-state index in [1.807, 2.05) is 0 Å². The summed E-state index contributed by atoms with van der Waals surface area (Å²) in [5.41, 5.74) is 0.358. The van der Waals surface area contributed by atoms with Crippen LogP contribution in [0.1, 0.15) is 43.5 Å². The Morgan fingerprint density at radius 1 is 1.33 bits per heavy atom. The molecule has 1 aromatic rings. The van der Waals surface area contributed by atoms with Crippen molar-refractivity contribution in [2.75, 3.05) is 25.6 Å². The van der Waals surface area contributed by atoms with E-state index in [0.29, 0.717) is 12.2 Å². The van der Waals surface area contributed by atoms with E-state index in [4.69, 9.17) is 4.74 Å². The van der Waals surface area contributed by atoms with E-state index < -0.39 is 22.0 Å². The lowest BCUT2D eigenvalue weighted by molar-refractivity contribution is 0.0697. The maximum absolute atomic E-state index is 12.3. The largest absolute Gasteiger partial charge is 0.478 e. The SMILES string of the molecule is CCCCCNc1ccc(S(=O)(=O)NC(C)COC)cc1C(=O)O. The van der Waals surface area contributed by atoms with E-state index in [1.165, 1.54) is 25.3 Å². The van der Waals surface area contributed by atoms with E-state index in [-0.39, 0.29) is 17.1 Å². The average Bonchev–Trinajstić information content (AvgIpc) is 2.51. The summed E-state index contributed by atoms with van der Waals surface area (Å²) in [6, 6.07) is 3.65. The lowest BCUT2D eigenvalue weighted by Crippen LogP contribution is -2.35. The van der Waals surface area contributed by atoms with Gasteiger partial charge >= 0.3 is 5.97 Å². The normalized spacial score (nSPS) is 12.8. The second kappa shape index (κ2) is 9.61. The van der Waals surface area contributed by atoms with Crippen LogP contribution in [0.3, 0.4) is 0 Å². The summed E-state index contributed by atoms with van der Waals surface area (Å²) in [7, 11) is -2.33. The van der Waals surface area contributed by atoms with Crippen LogP contribution in [0.4, 0.5) is 5.69 Å². The predicted octanol–water partition coefficient (Wildman–Crippen LogP) is 2.30. The molecule has 8 heteroatoms. The standard InChI is InChI=1S/C16H26N2O5S/c1-4-5-6-9-17-15-8-7-13(10-14(15)16(19)20)24(21,22)18-12(2)11-23-3/h7-8,10,12,17-18H,4-6,9,11H2,1-3H3,(H,19,20). The van der Waals surface area contributed by atoms with Crippen LogP contribution in [-0.4, -0.2) is 45.8 Å². The van der Waals surface area contributed by atoms with Crippen molar-refractivity contribution < 1.29 is 23.1 Å². The third-order valence-corrected chi connectivity index (χ3v) is 4.99. The molecule has 7 nitrogen and oxygen atoms in total. The Kier molecular flexibility index (Phi) is 8.17. The number of carbonyl (C=O) groups is 1. The Morgan fingerprint density at radius 2 is 2.04 bits per heavy atom. The van der Waals surface area contributed by atoms with Gasteiger partial charge in [-0.05, 0) is 31.5 Å². The third kappa shape index (κ3) is 6.10. The molecule has 136 valence electrons. The molecule has 0 aliphatic carbocycles. The van der Waals surface area contributed by atoms with Gasteiger partial charge in [-0.3, -0.25) is 0 Å². The Hall–Kier alpha value is -1.64. The Morgan fingerprint density at radius 3 is 2.62 bits per heavy atom. The van der Waals surface area contributed by atoms with Crippen molar-refractivity contribution in [3.63, 3.8) is 0 Å². The van der Waals surface area contributed by atoms with Gasteiger partial charge in [0.05, 0.1) is 17.1 Å². The van der Waals surface area contributed by atoms with E-state index in [1.54, 1.807) is 6.92 Å². The van der Waals surface area contributed by atoms with Gasteiger partial charge in [-0.15, -0.1) is 0 Å². The highest BCUT2D eigenvalue weighted by molar-refractivity contribution is 7.89. The number of rotatable bonds is 11. The smallest absolute Gasteiger partial charge is 0.337 e. The highest BCUT2D eigenvalue weighted by atomic mass is 32.2. The molecule has 1 aromatic carbocycles. The predicted molar refractivity (Wildman–Crippen MR) is 93.1 cm³/mol. The molecule has 0 aliphatic rings. The number of carboxylic acids is 1. The van der Waals surface area contributed by atoms with Gasteiger partial charge in [-0.2, -0.15) is 0 Å². The van der Waals surface area contributed by atoms with Crippen LogP contribution in [0.15, 0.2) is 23.1 Å². The lowest BCUT2D eigenvalue weighted by atomic mass is 10.1. The number of benzene rings is 1. The number of aromatic carboxylic acids is 1. The zero-order valence-electron chi connectivity index (χ0n) is 14.3. The number of unbranched alkanes of at least 4 members (excludes halogenated alkanes) is 2. The van der Waals surface area contributed by atoms with E-state index in [2.05, 4.69) is 17.0 Å². The highest BCUT2D eigenvalue weighted by Gasteiger charge is 2.20. The van der Waals surface area contributed by atoms with Gasteiger partial charge in [0.15, 0.2) is 0 Å². The fourth-order valence-electron chi connectivity index (χ4n) is 2.24. The third-order valence-electron chi connectivity index (χ3n) is 3.40. The quantitative estimate of drug-likeness (QED) is 0.524. The molecule has 1 rings (SSSR count). The van der Waals surface area contributed by atoms with Crippen molar-refractivity contribution >= 4 is 21.7 Å². The van der Waals surface area contributed by atoms with Gasteiger partial charge in [0.2, 0.25) is 10.0 Å². The molecule has 24 heavy (non-hydrogen) atoms. The molecule has 1 atom stereocenters. The van der Waals surface area contributed by atoms with Crippen molar-refractivity contribution in [1.29, 1.82) is 0 Å². The number of hydrogen-bond acceptors (Lipinski definition) is 5. The first-order chi connectivity index (χ1) is 11.3. The van der Waals surface area contributed by atoms with Gasteiger partial charge in [0, 0.05) is 25.4 Å². The molecule has 0 heterocycles. The Bertz CT molecular complexity index is 646. The number of anilines is 1. The van der Waals surface area contributed by atoms with Crippen molar-refractivity contribution in [3.05, 3.63) is 23.8 Å². The second-order valence-electron chi connectivity index (χ2n) is 5.62. The molecule has 1 unspecified atom stereocenters. The van der Waals surface area contributed by atoms with Crippen molar-refractivity contribution in [1.82, 2.24) is 4.72 Å². The van der Waals surface area contributed by atoms with Crippen LogP contribution in [0, 0.1) is 0 Å². The summed E-state index contributed by atoms with van der Waals surface area (Å²) in [6.07, 6.45) is 3.03. The summed E-state index contributed by atoms with van der Waals surface area (Å²) in [5.74, 6) is -1.17. The second-order valence-corrected chi connectivity index (χ2v) is 7.34. The number of carboxylic acid groups (broad SMARTS) is 1. The fraction of sp³-hybridized carbons (Fsp3) is 0.562. The van der Waals surface area contributed by atoms with E-state index in [9.17, 15) is 18.3 Å². The molecule has 0 aromatic heterocycles. The molecule has 0 aliphatic heterocycles. The van der Waals surface area contributed by atoms with Crippen molar-refractivity contribution in [2.45, 2.75) is 44.0 Å². The van der Waals surface area contributed by atoms with Crippen LogP contribution >= 0.6 is 0 Å². The molecular weight excluding hydrogens is 332 g/mol. The van der Waals surface area contributed by atoms with Crippen LogP contribution < -0.4 is 10.0 Å². The molecule has 0 fully saturated rings. The number of nitrogens with one attached hydrogen (secondary N) is 2. The summed E-state index contributed by atoms with van der Waals surface area (Å²) < 4.78 is 32.0. The van der Waals surface area contributed by atoms with Crippen molar-refractivity contribution in [2.24, 2.45) is 0 Å². The first-order valence-electron chi connectivity index (χ1n) is 7.94. The molecule has 0 amide bonds. The molecule has 0 saturated heterocycles. The average molecular weight is 358 g/mol. The molecular formula is C16H26N2O5S. The molecule has 0 saturated carbocycles. The minimum atomic E-state index is -3.80. The summed E-state index contributed by atoms with van der Waals surface area (Å²) in [5, 5.41) is 12.4. The van der Waals surface area contributed by atoms with Crippen molar-refractivity contribution in [3.8, 4) is 0 Å². The maximum Gasteiger partial charge on any atom is 0.337 e.